The number of carboxylic acid groups (broad SMARTS) is 3. The number of ether oxygens (including phenoxy) is 12. The summed E-state index contributed by atoms with van der Waals surface area (Å²) < 4.78 is 65.4. The highest BCUT2D eigenvalue weighted by atomic mass is 16.6. The van der Waals surface area contributed by atoms with Gasteiger partial charge in [0.05, 0.1) is 165 Å². The van der Waals surface area contributed by atoms with Gasteiger partial charge in [-0.2, -0.15) is 0 Å². The van der Waals surface area contributed by atoms with E-state index in [9.17, 15) is 29.1 Å². The molecule has 0 unspecified atom stereocenters. The molecular weight excluding hydrogens is 997 g/mol. The van der Waals surface area contributed by atoms with Crippen molar-refractivity contribution in [1.82, 2.24) is 10.2 Å². The van der Waals surface area contributed by atoms with Crippen LogP contribution in [0, 0.1) is 0 Å². The van der Waals surface area contributed by atoms with Crippen molar-refractivity contribution < 1.29 is 96.1 Å². The lowest BCUT2D eigenvalue weighted by molar-refractivity contribution is -0.151. The van der Waals surface area contributed by atoms with Crippen LogP contribution in [-0.2, 0) is 80.8 Å². The Morgan fingerprint density at radius 3 is 1.00 bits per heavy atom. The summed E-state index contributed by atoms with van der Waals surface area (Å²) in [6.45, 7) is 12.7. The molecule has 448 valence electrons. The zero-order chi connectivity index (χ0) is 55.5. The topological polar surface area (TPSA) is 272 Å². The van der Waals surface area contributed by atoms with Crippen molar-refractivity contribution in [3.8, 4) is 0 Å². The third kappa shape index (κ3) is 55.6. The highest BCUT2D eigenvalue weighted by Gasteiger charge is 2.29. The third-order valence-corrected chi connectivity index (χ3v) is 11.5. The molecule has 22 nitrogen and oxygen atoms in total. The van der Waals surface area contributed by atoms with E-state index in [0.29, 0.717) is 165 Å². The minimum Gasteiger partial charge on any atom is -0.481 e. The average molecular weight is 1100 g/mol. The van der Waals surface area contributed by atoms with Crippen LogP contribution in [0.5, 0.6) is 0 Å². The summed E-state index contributed by atoms with van der Waals surface area (Å²) in [6, 6.07) is -1.07. The largest absolute Gasteiger partial charge is 0.481 e. The fourth-order valence-electron chi connectivity index (χ4n) is 7.34. The Kier molecular flexibility index (Phi) is 57.1. The molecule has 0 spiro atoms. The summed E-state index contributed by atoms with van der Waals surface area (Å²) in [7, 11) is 0. The predicted molar refractivity (Wildman–Crippen MR) is 284 cm³/mol. The fraction of sp³-hybridized carbons (Fsp3) is 0.907. The number of nitrogens with zero attached hydrogens (tertiary/aromatic N) is 1. The molecule has 0 aliphatic heterocycles. The molecule has 0 aromatic heterocycles. The highest BCUT2D eigenvalue weighted by molar-refractivity contribution is 5.84. The molecule has 0 fully saturated rings. The molecule has 0 radical (unpaired) electrons. The second kappa shape index (κ2) is 59.5. The van der Waals surface area contributed by atoms with Gasteiger partial charge in [0.25, 0.3) is 0 Å². The maximum absolute atomic E-state index is 13.4. The van der Waals surface area contributed by atoms with Crippen LogP contribution in [0.25, 0.3) is 0 Å². The molecule has 4 N–H and O–H groups in total. The summed E-state index contributed by atoms with van der Waals surface area (Å²) in [6.07, 6.45) is 16.4. The molecule has 0 rings (SSSR count). The second-order valence-corrected chi connectivity index (χ2v) is 18.0. The van der Waals surface area contributed by atoms with Gasteiger partial charge in [0.2, 0.25) is 11.8 Å². The van der Waals surface area contributed by atoms with Gasteiger partial charge in [0.15, 0.2) is 0 Å². The van der Waals surface area contributed by atoms with Crippen LogP contribution >= 0.6 is 0 Å². The van der Waals surface area contributed by atoms with Crippen LogP contribution in [0.2, 0.25) is 0 Å². The first-order chi connectivity index (χ1) is 37.2. The Labute approximate surface area is 454 Å². The van der Waals surface area contributed by atoms with Crippen molar-refractivity contribution in [3.63, 3.8) is 0 Å². The summed E-state index contributed by atoms with van der Waals surface area (Å²) in [5, 5.41) is 30.3. The highest BCUT2D eigenvalue weighted by Crippen LogP contribution is 2.17. The van der Waals surface area contributed by atoms with E-state index in [0.717, 1.165) is 57.8 Å². The van der Waals surface area contributed by atoms with E-state index in [1.807, 2.05) is 0 Å². The van der Waals surface area contributed by atoms with E-state index in [2.05, 4.69) is 12.2 Å². The van der Waals surface area contributed by atoms with Gasteiger partial charge in [0.1, 0.15) is 6.04 Å². The quantitative estimate of drug-likeness (QED) is 0.0511. The first-order valence-corrected chi connectivity index (χ1v) is 28.3. The summed E-state index contributed by atoms with van der Waals surface area (Å²) in [5.74, 6) is -3.23. The molecule has 1 atom stereocenters. The number of rotatable bonds is 64. The van der Waals surface area contributed by atoms with Crippen molar-refractivity contribution in [3.05, 3.63) is 0 Å². The van der Waals surface area contributed by atoms with Gasteiger partial charge in [-0.3, -0.25) is 19.2 Å². The van der Waals surface area contributed by atoms with Crippen LogP contribution in [0.1, 0.15) is 142 Å². The normalized spacial score (nSPS) is 11.8. The van der Waals surface area contributed by atoms with Crippen molar-refractivity contribution in [2.24, 2.45) is 0 Å². The van der Waals surface area contributed by atoms with E-state index in [4.69, 9.17) is 67.1 Å². The number of unbranched alkanes of at least 4 members (excludes halogenated alkanes) is 14. The van der Waals surface area contributed by atoms with E-state index >= 15 is 0 Å². The Morgan fingerprint density at radius 1 is 0.355 bits per heavy atom. The first-order valence-electron chi connectivity index (χ1n) is 28.3. The van der Waals surface area contributed by atoms with Crippen molar-refractivity contribution in [1.29, 1.82) is 0 Å². The smallest absolute Gasteiger partial charge is 0.326 e. The summed E-state index contributed by atoms with van der Waals surface area (Å²) >= 11 is 0. The molecule has 0 aliphatic carbocycles. The van der Waals surface area contributed by atoms with Gasteiger partial charge in [-0.15, -0.1) is 0 Å². The van der Waals surface area contributed by atoms with Crippen LogP contribution in [-0.4, -0.2) is 228 Å². The molecule has 0 aliphatic rings. The Bertz CT molecular complexity index is 1320. The van der Waals surface area contributed by atoms with Crippen LogP contribution < -0.4 is 5.32 Å². The van der Waals surface area contributed by atoms with Gasteiger partial charge < -0.3 is 82.4 Å². The Morgan fingerprint density at radius 2 is 0.658 bits per heavy atom. The van der Waals surface area contributed by atoms with Crippen LogP contribution in [0.15, 0.2) is 0 Å². The molecule has 0 saturated carbocycles. The molecule has 22 heteroatoms. The minimum atomic E-state index is -1.10. The second-order valence-electron chi connectivity index (χ2n) is 18.0. The molecule has 0 heterocycles. The van der Waals surface area contributed by atoms with Crippen molar-refractivity contribution in [2.75, 3.05) is 172 Å². The van der Waals surface area contributed by atoms with Crippen molar-refractivity contribution >= 4 is 29.7 Å². The number of amides is 2. The minimum absolute atomic E-state index is 0.0159. The van der Waals surface area contributed by atoms with Gasteiger partial charge >= 0.3 is 17.9 Å². The van der Waals surface area contributed by atoms with Crippen LogP contribution in [0.3, 0.4) is 0 Å². The zero-order valence-electron chi connectivity index (χ0n) is 46.5. The van der Waals surface area contributed by atoms with E-state index in [1.165, 1.54) is 37.0 Å². The lowest BCUT2D eigenvalue weighted by Crippen LogP contribution is -2.46. The number of carbonyl (C=O) groups is 5. The fourth-order valence-corrected chi connectivity index (χ4v) is 7.34. The maximum Gasteiger partial charge on any atom is 0.326 e. The number of nitrogens with one attached hydrogen (secondary N) is 1. The van der Waals surface area contributed by atoms with Crippen LogP contribution in [0.4, 0.5) is 0 Å². The zero-order valence-corrected chi connectivity index (χ0v) is 46.5. The lowest BCUT2D eigenvalue weighted by atomic mass is 10.0. The lowest BCUT2D eigenvalue weighted by Gasteiger charge is -2.29. The Balaban J connectivity index is 3.81. The van der Waals surface area contributed by atoms with E-state index in [1.54, 1.807) is 0 Å². The third-order valence-electron chi connectivity index (χ3n) is 11.5. The first kappa shape index (κ1) is 72.9. The van der Waals surface area contributed by atoms with Gasteiger partial charge in [-0.1, -0.05) is 90.4 Å². The number of hydrogen-bond donors (Lipinski definition) is 4. The Hall–Kier alpha value is -3.13. The molecule has 0 aromatic carbocycles. The molecule has 0 bridgehead atoms. The van der Waals surface area contributed by atoms with E-state index < -0.39 is 23.9 Å². The molecule has 2 amide bonds. The summed E-state index contributed by atoms with van der Waals surface area (Å²) in [5.41, 5.74) is 0. The SMILES string of the molecule is CCCCCCCCCCCN(C(=O)CCCCCCCCCC(=O)O)[C@H](CCC(=O)NCCOCCOCCOCCOCCOCCOCCOCCOCCOCCOCCOCCOCCC(=O)O)C(=O)O. The average Bonchev–Trinajstić information content (AvgIpc) is 3.39. The number of hydrogen-bond acceptors (Lipinski definition) is 17. The van der Waals surface area contributed by atoms with Crippen molar-refractivity contribution in [2.45, 2.75) is 148 Å². The number of aliphatic carboxylic acids is 3. The number of carboxylic acids is 3. The van der Waals surface area contributed by atoms with Gasteiger partial charge in [-0.05, 0) is 25.7 Å². The summed E-state index contributed by atoms with van der Waals surface area (Å²) in [4.78, 5) is 61.1. The maximum atomic E-state index is 13.4. The number of carbonyl (C=O) groups excluding carboxylic acids is 2. The monoisotopic (exact) mass is 1100 g/mol. The predicted octanol–water partition coefficient (Wildman–Crippen LogP) is 5.96. The molecule has 76 heavy (non-hydrogen) atoms. The molecule has 0 saturated heterocycles. The van der Waals surface area contributed by atoms with Gasteiger partial charge in [0, 0.05) is 32.4 Å². The van der Waals surface area contributed by atoms with Gasteiger partial charge in [-0.25, -0.2) is 4.79 Å². The van der Waals surface area contributed by atoms with E-state index in [-0.39, 0.29) is 63.7 Å². The molecular formula is C54H102N2O20. The molecule has 0 aromatic rings. The standard InChI is InChI=1S/C54H102N2O20/c1-2-3-4-5-6-7-11-14-17-24-56(51(58)18-15-12-9-8-10-13-16-19-52(59)60)49(54(63)64)20-21-50(57)55-23-26-66-28-30-68-32-34-70-36-38-72-40-42-74-44-46-76-48-47-75-45-43-73-41-39-71-37-35-69-33-31-67-29-27-65-25-22-53(61)62/h49H,2-48H2,1H3,(H,55,57)(H,59,60)(H,61,62)(H,63,64)/t49-/m1/s1.